The molecule has 1 aliphatic heterocycles. The van der Waals surface area contributed by atoms with Crippen LogP contribution in [-0.4, -0.2) is 18.7 Å². The smallest absolute Gasteiger partial charge is 0.253 e. The molecule has 0 spiro atoms. The van der Waals surface area contributed by atoms with Crippen LogP contribution in [0.5, 0.6) is 0 Å². The summed E-state index contributed by atoms with van der Waals surface area (Å²) in [5.41, 5.74) is 0.694. The number of hydrogen-bond acceptors (Lipinski definition) is 2. The van der Waals surface area contributed by atoms with Gasteiger partial charge in [0.05, 0.1) is 5.69 Å². The molecule has 1 aliphatic rings. The molecule has 0 saturated carbocycles. The number of carbonyl (C=O) groups is 1. The number of benzene rings is 2. The molecule has 2 aromatic carbocycles. The third-order valence-electron chi connectivity index (χ3n) is 3.05. The van der Waals surface area contributed by atoms with Crippen molar-refractivity contribution in [2.75, 3.05) is 11.4 Å². The van der Waals surface area contributed by atoms with Crippen LogP contribution >= 0.6 is 0 Å². The van der Waals surface area contributed by atoms with E-state index in [1.165, 1.54) is 12.3 Å². The average molecular weight is 272 g/mol. The van der Waals surface area contributed by atoms with E-state index >= 15 is 0 Å². The first-order valence-electron chi connectivity index (χ1n) is 6.04. The quantitative estimate of drug-likeness (QED) is 0.785. The van der Waals surface area contributed by atoms with Crippen molar-refractivity contribution in [3.63, 3.8) is 0 Å². The van der Waals surface area contributed by atoms with Gasteiger partial charge in [-0.15, -0.1) is 0 Å². The van der Waals surface area contributed by atoms with Crippen molar-refractivity contribution >= 4 is 23.5 Å². The Balaban J connectivity index is 2.25. The molecule has 0 atom stereocenters. The minimum atomic E-state index is -0.782. The van der Waals surface area contributed by atoms with Crippen molar-refractivity contribution in [1.82, 2.24) is 0 Å². The second kappa shape index (κ2) is 4.85. The fourth-order valence-electron chi connectivity index (χ4n) is 2.18. The van der Waals surface area contributed by atoms with Gasteiger partial charge in [-0.2, -0.15) is 0 Å². The van der Waals surface area contributed by atoms with Crippen LogP contribution in [0.4, 0.5) is 20.2 Å². The maximum absolute atomic E-state index is 14.0. The maximum atomic E-state index is 14.0. The van der Waals surface area contributed by atoms with Crippen molar-refractivity contribution in [3.8, 4) is 0 Å². The Hall–Kier alpha value is -2.56. The number of benzodiazepines with no additional fused rings is 1. The van der Waals surface area contributed by atoms with Gasteiger partial charge in [-0.05, 0) is 18.2 Å². The number of rotatable bonds is 1. The van der Waals surface area contributed by atoms with Crippen molar-refractivity contribution in [2.45, 2.75) is 0 Å². The molecule has 100 valence electrons. The van der Waals surface area contributed by atoms with Crippen LogP contribution in [0.3, 0.4) is 0 Å². The molecule has 0 N–H and O–H groups in total. The van der Waals surface area contributed by atoms with E-state index in [1.54, 1.807) is 24.3 Å². The van der Waals surface area contributed by atoms with Crippen molar-refractivity contribution in [3.05, 3.63) is 59.7 Å². The largest absolute Gasteiger partial charge is 0.283 e. The summed E-state index contributed by atoms with van der Waals surface area (Å²) in [6.45, 7) is -0.150. The molecule has 3 nitrogen and oxygen atoms in total. The third-order valence-corrected chi connectivity index (χ3v) is 3.05. The molecule has 0 radical (unpaired) electrons. The first kappa shape index (κ1) is 12.5. The van der Waals surface area contributed by atoms with Gasteiger partial charge < -0.3 is 0 Å². The highest BCUT2D eigenvalue weighted by Crippen LogP contribution is 2.33. The molecule has 0 bridgehead atoms. The van der Waals surface area contributed by atoms with E-state index in [4.69, 9.17) is 0 Å². The molecule has 0 aliphatic carbocycles. The van der Waals surface area contributed by atoms with Gasteiger partial charge in [-0.3, -0.25) is 14.7 Å². The Morgan fingerprint density at radius 3 is 2.45 bits per heavy atom. The summed E-state index contributed by atoms with van der Waals surface area (Å²) in [7, 11) is 0. The lowest BCUT2D eigenvalue weighted by Crippen LogP contribution is -2.29. The number of aliphatic imine (C=N–C) groups is 1. The monoisotopic (exact) mass is 272 g/mol. The topological polar surface area (TPSA) is 32.7 Å². The van der Waals surface area contributed by atoms with Gasteiger partial charge in [0.15, 0.2) is 0 Å². The zero-order valence-electron chi connectivity index (χ0n) is 10.4. The van der Waals surface area contributed by atoms with E-state index in [9.17, 15) is 13.6 Å². The fraction of sp³-hybridized carbons (Fsp3) is 0.0667. The van der Waals surface area contributed by atoms with Crippen molar-refractivity contribution < 1.29 is 13.6 Å². The van der Waals surface area contributed by atoms with Gasteiger partial charge in [0.1, 0.15) is 23.9 Å². The van der Waals surface area contributed by atoms with Crippen molar-refractivity contribution in [2.24, 2.45) is 4.99 Å². The predicted octanol–water partition coefficient (Wildman–Crippen LogP) is 3.06. The summed E-state index contributed by atoms with van der Waals surface area (Å²) >= 11 is 0. The standard InChI is InChI=1S/C15H10F2N2O/c16-11-5-3-6-12(17)15(11)19-13-7-2-1-4-10(13)8-18-9-14(19)20/h1-8H,9H2. The fourth-order valence-corrected chi connectivity index (χ4v) is 2.18. The molecular weight excluding hydrogens is 262 g/mol. The van der Waals surface area contributed by atoms with Gasteiger partial charge in [0.2, 0.25) is 0 Å². The number of anilines is 2. The van der Waals surface area contributed by atoms with Gasteiger partial charge in [0.25, 0.3) is 5.91 Å². The lowest BCUT2D eigenvalue weighted by molar-refractivity contribution is -0.116. The van der Waals surface area contributed by atoms with Gasteiger partial charge in [-0.25, -0.2) is 8.78 Å². The zero-order chi connectivity index (χ0) is 14.1. The lowest BCUT2D eigenvalue weighted by Gasteiger charge is -2.23. The SMILES string of the molecule is O=C1CN=Cc2ccccc2N1c1c(F)cccc1F. The Bertz CT molecular complexity index is 693. The molecule has 20 heavy (non-hydrogen) atoms. The second-order valence-electron chi connectivity index (χ2n) is 4.33. The summed E-state index contributed by atoms with van der Waals surface area (Å²) in [6.07, 6.45) is 1.53. The molecule has 3 rings (SSSR count). The molecule has 0 unspecified atom stereocenters. The maximum Gasteiger partial charge on any atom is 0.253 e. The Morgan fingerprint density at radius 1 is 1.00 bits per heavy atom. The zero-order valence-corrected chi connectivity index (χ0v) is 10.4. The molecular formula is C15H10F2N2O. The minimum Gasteiger partial charge on any atom is -0.283 e. The highest BCUT2D eigenvalue weighted by molar-refractivity contribution is 6.08. The number of para-hydroxylation sites is 2. The van der Waals surface area contributed by atoms with Crippen LogP contribution in [0.2, 0.25) is 0 Å². The van der Waals surface area contributed by atoms with E-state index in [0.29, 0.717) is 11.3 Å². The minimum absolute atomic E-state index is 0.150. The van der Waals surface area contributed by atoms with E-state index in [0.717, 1.165) is 17.0 Å². The van der Waals surface area contributed by atoms with Crippen LogP contribution in [0, 0.1) is 11.6 Å². The number of fused-ring (bicyclic) bond motifs is 1. The first-order chi connectivity index (χ1) is 9.68. The van der Waals surface area contributed by atoms with Crippen molar-refractivity contribution in [1.29, 1.82) is 0 Å². The van der Waals surface area contributed by atoms with Crippen LogP contribution in [0.1, 0.15) is 5.56 Å². The van der Waals surface area contributed by atoms with E-state index < -0.39 is 17.5 Å². The van der Waals surface area contributed by atoms with Crippen LogP contribution in [0.15, 0.2) is 47.5 Å². The normalized spacial score (nSPS) is 14.1. The summed E-state index contributed by atoms with van der Waals surface area (Å²) in [5.74, 6) is -2.04. The summed E-state index contributed by atoms with van der Waals surface area (Å²) in [6, 6.07) is 10.4. The number of nitrogens with zero attached hydrogens (tertiary/aromatic N) is 2. The highest BCUT2D eigenvalue weighted by atomic mass is 19.1. The Morgan fingerprint density at radius 2 is 1.70 bits per heavy atom. The molecule has 1 heterocycles. The van der Waals surface area contributed by atoms with E-state index in [1.807, 2.05) is 0 Å². The van der Waals surface area contributed by atoms with Crippen LogP contribution in [-0.2, 0) is 4.79 Å². The highest BCUT2D eigenvalue weighted by Gasteiger charge is 2.26. The second-order valence-corrected chi connectivity index (χ2v) is 4.33. The molecule has 0 aromatic heterocycles. The Kier molecular flexibility index (Phi) is 3.02. The number of carbonyl (C=O) groups excluding carboxylic acids is 1. The van der Waals surface area contributed by atoms with E-state index in [-0.39, 0.29) is 12.2 Å². The van der Waals surface area contributed by atoms with E-state index in [2.05, 4.69) is 4.99 Å². The molecule has 5 heteroatoms. The predicted molar refractivity (Wildman–Crippen MR) is 72.4 cm³/mol. The number of amides is 1. The number of hydrogen-bond donors (Lipinski definition) is 0. The Labute approximate surface area is 114 Å². The molecule has 0 saturated heterocycles. The summed E-state index contributed by atoms with van der Waals surface area (Å²) in [4.78, 5) is 17.2. The third kappa shape index (κ3) is 1.97. The van der Waals surface area contributed by atoms with Crippen LogP contribution in [0.25, 0.3) is 0 Å². The molecule has 2 aromatic rings. The average Bonchev–Trinajstić information content (AvgIpc) is 2.59. The number of halogens is 2. The van der Waals surface area contributed by atoms with Crippen LogP contribution < -0.4 is 4.90 Å². The molecule has 1 amide bonds. The summed E-state index contributed by atoms with van der Waals surface area (Å²) < 4.78 is 27.9. The van der Waals surface area contributed by atoms with Gasteiger partial charge >= 0.3 is 0 Å². The van der Waals surface area contributed by atoms with Gasteiger partial charge in [-0.1, -0.05) is 24.3 Å². The molecule has 0 fully saturated rings. The first-order valence-corrected chi connectivity index (χ1v) is 6.04. The lowest BCUT2D eigenvalue weighted by atomic mass is 10.1. The van der Waals surface area contributed by atoms with Gasteiger partial charge in [0, 0.05) is 11.8 Å². The summed E-state index contributed by atoms with van der Waals surface area (Å²) in [5, 5.41) is 0.